The molecule has 1 N–H and O–H groups in total. The molecule has 8 heteroatoms. The number of ketones is 2. The summed E-state index contributed by atoms with van der Waals surface area (Å²) in [5.41, 5.74) is -2.93. The third-order valence-electron chi connectivity index (χ3n) is 8.46. The molecule has 0 aromatic carbocycles. The molecular weight excluding hydrogens is 380 g/mol. The topological polar surface area (TPSA) is 116 Å². The quantitative estimate of drug-likeness (QED) is 0.386. The lowest BCUT2D eigenvalue weighted by molar-refractivity contribution is -0.251. The minimum absolute atomic E-state index is 0.144. The summed E-state index contributed by atoms with van der Waals surface area (Å²) in [6, 6.07) is 0. The molecule has 2 saturated heterocycles. The van der Waals surface area contributed by atoms with Gasteiger partial charge in [-0.3, -0.25) is 19.2 Å². The number of hydrogen-bond acceptors (Lipinski definition) is 8. The Morgan fingerprint density at radius 1 is 1.17 bits per heavy atom. The van der Waals surface area contributed by atoms with Crippen molar-refractivity contribution in [2.45, 2.75) is 65.0 Å². The van der Waals surface area contributed by atoms with E-state index in [1.807, 2.05) is 13.8 Å². The van der Waals surface area contributed by atoms with Crippen LogP contribution >= 0.6 is 0 Å². The SMILES string of the molecule is CC(=O)O[C@@H]1[C@H]2CC[C@@H]3[C@]1(C(=O)O[C@H]1CCC(C)(C)[C@H]4[C@H](O)OC[C@@]143)C(=O)C2=O. The Balaban J connectivity index is 1.73. The minimum Gasteiger partial charge on any atom is -0.461 e. The van der Waals surface area contributed by atoms with E-state index in [1.165, 1.54) is 6.92 Å². The zero-order valence-electron chi connectivity index (χ0n) is 16.8. The molecule has 8 atom stereocenters. The van der Waals surface area contributed by atoms with Gasteiger partial charge in [0.1, 0.15) is 12.2 Å². The van der Waals surface area contributed by atoms with Gasteiger partial charge in [-0.25, -0.2) is 0 Å². The van der Waals surface area contributed by atoms with Crippen LogP contribution in [0, 0.1) is 34.0 Å². The molecule has 5 aliphatic rings. The molecular formula is C21H26O8. The highest BCUT2D eigenvalue weighted by Gasteiger charge is 2.82. The maximum absolute atomic E-state index is 13.3. The van der Waals surface area contributed by atoms with Gasteiger partial charge in [0, 0.05) is 18.3 Å². The molecule has 0 aromatic rings. The molecule has 2 aliphatic heterocycles. The average molecular weight is 406 g/mol. The van der Waals surface area contributed by atoms with Crippen LogP contribution in [-0.2, 0) is 33.4 Å². The average Bonchev–Trinajstić information content (AvgIpc) is 3.05. The van der Waals surface area contributed by atoms with Crippen molar-refractivity contribution in [1.82, 2.24) is 0 Å². The molecule has 5 rings (SSSR count). The first-order valence-corrected chi connectivity index (χ1v) is 10.3. The van der Waals surface area contributed by atoms with Gasteiger partial charge in [-0.1, -0.05) is 13.8 Å². The van der Waals surface area contributed by atoms with Crippen molar-refractivity contribution in [1.29, 1.82) is 0 Å². The van der Waals surface area contributed by atoms with Crippen LogP contribution in [-0.4, -0.2) is 53.7 Å². The van der Waals surface area contributed by atoms with Gasteiger partial charge in [0.15, 0.2) is 11.7 Å². The molecule has 0 amide bonds. The van der Waals surface area contributed by atoms with Crippen molar-refractivity contribution in [3.05, 3.63) is 0 Å². The van der Waals surface area contributed by atoms with E-state index in [1.54, 1.807) is 0 Å². The predicted octanol–water partition coefficient (Wildman–Crippen LogP) is 0.779. The maximum Gasteiger partial charge on any atom is 0.324 e. The van der Waals surface area contributed by atoms with E-state index in [-0.39, 0.29) is 17.9 Å². The molecule has 2 heterocycles. The molecule has 0 radical (unpaired) electrons. The molecule has 3 aliphatic carbocycles. The standard InChI is InChI=1S/C21H26O8/c1-9(22)28-16-10-4-5-11-20-8-27-17(25)14(20)19(2,3)7-6-12(20)29-18(26)21(11,16)15(24)13(10)23/h10-12,14,16-17,25H,4-8H2,1-3H3/t10-,11-,12-,14+,16+,17+,20+,21-/m0/s1. The second kappa shape index (κ2) is 5.66. The molecule has 158 valence electrons. The second-order valence-electron chi connectivity index (χ2n) is 10.0. The lowest BCUT2D eigenvalue weighted by atomic mass is 9.43. The molecule has 8 nitrogen and oxygen atoms in total. The fourth-order valence-corrected chi connectivity index (χ4v) is 7.52. The number of ether oxygens (including phenoxy) is 3. The van der Waals surface area contributed by atoms with Gasteiger partial charge in [0.05, 0.1) is 12.5 Å². The summed E-state index contributed by atoms with van der Waals surface area (Å²) in [4.78, 5) is 51.3. The molecule has 29 heavy (non-hydrogen) atoms. The lowest BCUT2D eigenvalue weighted by Gasteiger charge is -2.62. The van der Waals surface area contributed by atoms with Crippen LogP contribution in [0.3, 0.4) is 0 Å². The van der Waals surface area contributed by atoms with Crippen molar-refractivity contribution < 1.29 is 38.5 Å². The first-order chi connectivity index (χ1) is 13.6. The van der Waals surface area contributed by atoms with E-state index in [9.17, 15) is 24.3 Å². The van der Waals surface area contributed by atoms with Gasteiger partial charge >= 0.3 is 11.9 Å². The fraction of sp³-hybridized carbons (Fsp3) is 0.810. The van der Waals surface area contributed by atoms with Gasteiger partial charge in [-0.15, -0.1) is 0 Å². The maximum atomic E-state index is 13.3. The van der Waals surface area contributed by atoms with E-state index in [0.29, 0.717) is 19.3 Å². The van der Waals surface area contributed by atoms with E-state index in [2.05, 4.69) is 0 Å². The van der Waals surface area contributed by atoms with Crippen LogP contribution < -0.4 is 0 Å². The summed E-state index contributed by atoms with van der Waals surface area (Å²) in [6.07, 6.45) is -0.543. The van der Waals surface area contributed by atoms with Crippen molar-refractivity contribution in [3.8, 4) is 0 Å². The molecule has 2 spiro atoms. The van der Waals surface area contributed by atoms with Crippen LogP contribution in [0.5, 0.6) is 0 Å². The summed E-state index contributed by atoms with van der Waals surface area (Å²) in [5.74, 6) is -4.62. The Labute approximate surface area is 168 Å². The third kappa shape index (κ3) is 2.02. The van der Waals surface area contributed by atoms with Crippen LogP contribution in [0.4, 0.5) is 0 Å². The van der Waals surface area contributed by atoms with Gasteiger partial charge in [0.2, 0.25) is 11.6 Å². The highest BCUT2D eigenvalue weighted by atomic mass is 16.6. The summed E-state index contributed by atoms with van der Waals surface area (Å²) in [5, 5.41) is 10.7. The smallest absolute Gasteiger partial charge is 0.324 e. The monoisotopic (exact) mass is 406 g/mol. The van der Waals surface area contributed by atoms with Gasteiger partial charge in [-0.05, 0) is 37.0 Å². The lowest BCUT2D eigenvalue weighted by Crippen LogP contribution is -2.71. The number of Topliss-reactive ketones (excluding diaryl/α,β-unsaturated/α-hetero) is 2. The van der Waals surface area contributed by atoms with E-state index in [4.69, 9.17) is 14.2 Å². The Morgan fingerprint density at radius 2 is 1.90 bits per heavy atom. The number of carbonyl (C=O) groups is 4. The van der Waals surface area contributed by atoms with E-state index < -0.39 is 64.7 Å². The number of aliphatic hydroxyl groups excluding tert-OH is 1. The van der Waals surface area contributed by atoms with Crippen molar-refractivity contribution in [2.75, 3.05) is 6.61 Å². The Hall–Kier alpha value is -1.80. The van der Waals surface area contributed by atoms with Crippen LogP contribution in [0.1, 0.15) is 46.5 Å². The number of aliphatic hydroxyl groups is 1. The van der Waals surface area contributed by atoms with Crippen molar-refractivity contribution >= 4 is 23.5 Å². The zero-order valence-corrected chi connectivity index (χ0v) is 16.8. The molecule has 5 fully saturated rings. The predicted molar refractivity (Wildman–Crippen MR) is 95.0 cm³/mol. The number of esters is 2. The van der Waals surface area contributed by atoms with Crippen LogP contribution in [0.2, 0.25) is 0 Å². The van der Waals surface area contributed by atoms with E-state index >= 15 is 0 Å². The number of fused-ring (bicyclic) bond motifs is 1. The largest absolute Gasteiger partial charge is 0.461 e. The molecule has 0 aromatic heterocycles. The molecule has 2 bridgehead atoms. The number of hydrogen-bond donors (Lipinski definition) is 1. The van der Waals surface area contributed by atoms with Crippen molar-refractivity contribution in [3.63, 3.8) is 0 Å². The zero-order chi connectivity index (χ0) is 20.9. The van der Waals surface area contributed by atoms with Gasteiger partial charge in [-0.2, -0.15) is 0 Å². The molecule has 3 saturated carbocycles. The van der Waals surface area contributed by atoms with Crippen LogP contribution in [0.25, 0.3) is 0 Å². The number of rotatable bonds is 1. The highest BCUT2D eigenvalue weighted by Crippen LogP contribution is 2.70. The summed E-state index contributed by atoms with van der Waals surface area (Å²) in [7, 11) is 0. The third-order valence-corrected chi connectivity index (χ3v) is 8.46. The normalized spacial score (nSPS) is 49.7. The van der Waals surface area contributed by atoms with E-state index in [0.717, 1.165) is 6.42 Å². The number of carbonyl (C=O) groups excluding carboxylic acids is 4. The Morgan fingerprint density at radius 3 is 2.59 bits per heavy atom. The molecule has 0 unspecified atom stereocenters. The fourth-order valence-electron chi connectivity index (χ4n) is 7.52. The summed E-state index contributed by atoms with van der Waals surface area (Å²) >= 11 is 0. The highest BCUT2D eigenvalue weighted by molar-refractivity contribution is 6.46. The van der Waals surface area contributed by atoms with Crippen molar-refractivity contribution in [2.24, 2.45) is 34.0 Å². The van der Waals surface area contributed by atoms with Gasteiger partial charge < -0.3 is 19.3 Å². The summed E-state index contributed by atoms with van der Waals surface area (Å²) in [6.45, 7) is 5.45. The van der Waals surface area contributed by atoms with Crippen LogP contribution in [0.15, 0.2) is 0 Å². The first-order valence-electron chi connectivity index (χ1n) is 10.3. The first kappa shape index (κ1) is 19.2. The van der Waals surface area contributed by atoms with Gasteiger partial charge in [0.25, 0.3) is 0 Å². The minimum atomic E-state index is -1.83. The second-order valence-corrected chi connectivity index (χ2v) is 10.0. The Bertz CT molecular complexity index is 833. The summed E-state index contributed by atoms with van der Waals surface area (Å²) < 4.78 is 17.1. The Kier molecular flexibility index (Phi) is 3.75.